The number of hydrogen-bond acceptors (Lipinski definition) is 4. The third-order valence-corrected chi connectivity index (χ3v) is 0.879. The van der Waals surface area contributed by atoms with Crippen LogP contribution in [0.25, 0.3) is 0 Å². The van der Waals surface area contributed by atoms with Gasteiger partial charge in [-0.15, -0.1) is 0 Å². The van der Waals surface area contributed by atoms with E-state index in [1.54, 1.807) is 6.92 Å². The minimum absolute atomic E-state index is 0.0370. The molecule has 0 spiro atoms. The van der Waals surface area contributed by atoms with Gasteiger partial charge in [0.15, 0.2) is 0 Å². The number of aryl methyl sites for hydroxylation is 1. The average Bonchev–Trinajstić information content (AvgIpc) is 1.85. The lowest BCUT2D eigenvalue weighted by atomic mass is 10.1. The van der Waals surface area contributed by atoms with Crippen molar-refractivity contribution in [3.05, 3.63) is 5.82 Å². The Morgan fingerprint density at radius 2 is 2.10 bits per heavy atom. The minimum Gasteiger partial charge on any atom is -0.368 e. The summed E-state index contributed by atoms with van der Waals surface area (Å²) < 4.78 is 11.8. The average molecular weight is 139 g/mol. The molecule has 4 nitrogen and oxygen atoms in total. The molecule has 6 heteroatoms. The molecule has 0 aliphatic heterocycles. The van der Waals surface area contributed by atoms with Gasteiger partial charge in [-0.05, 0) is 6.92 Å². The predicted molar refractivity (Wildman–Crippen MR) is 35.5 cm³/mol. The van der Waals surface area contributed by atoms with Gasteiger partial charge in [0.2, 0.25) is 5.95 Å². The Bertz CT molecular complexity index is 220. The second-order valence-electron chi connectivity index (χ2n) is 1.71. The second kappa shape index (κ2) is 2.59. The van der Waals surface area contributed by atoms with Gasteiger partial charge in [0, 0.05) is 0 Å². The maximum atomic E-state index is 11.8. The Hall–Kier alpha value is -1.20. The van der Waals surface area contributed by atoms with Gasteiger partial charge in [0.1, 0.15) is 11.5 Å². The van der Waals surface area contributed by atoms with E-state index >= 15 is 0 Å². The fraction of sp³-hybridized carbons (Fsp3) is 0.250. The van der Waals surface area contributed by atoms with Crippen molar-refractivity contribution >= 4 is 19.2 Å². The molecule has 0 amide bonds. The van der Waals surface area contributed by atoms with Crippen molar-refractivity contribution in [2.24, 2.45) is 0 Å². The third kappa shape index (κ3) is 1.40. The van der Waals surface area contributed by atoms with Crippen LogP contribution in [0.1, 0.15) is 5.82 Å². The van der Waals surface area contributed by atoms with E-state index in [4.69, 9.17) is 5.73 Å². The molecule has 0 atom stereocenters. The first kappa shape index (κ1) is 6.92. The first-order valence-electron chi connectivity index (χ1n) is 2.64. The number of rotatable bonds is 1. The van der Waals surface area contributed by atoms with Crippen LogP contribution in [0.5, 0.6) is 0 Å². The molecule has 1 rings (SSSR count). The molecule has 0 unspecified atom stereocenters. The van der Waals surface area contributed by atoms with Gasteiger partial charge in [0.05, 0.1) is 0 Å². The Balaban J connectivity index is 3.06. The van der Waals surface area contributed by atoms with E-state index in [2.05, 4.69) is 15.0 Å². The number of anilines is 1. The lowest BCUT2D eigenvalue weighted by molar-refractivity contribution is 0.871. The summed E-state index contributed by atoms with van der Waals surface area (Å²) in [7, 11) is 0.283. The zero-order chi connectivity index (χ0) is 7.56. The van der Waals surface area contributed by atoms with E-state index in [1.165, 1.54) is 0 Å². The lowest BCUT2D eigenvalue weighted by Crippen LogP contribution is -2.22. The smallest absolute Gasteiger partial charge is 0.368 e. The van der Waals surface area contributed by atoms with E-state index in [0.29, 0.717) is 5.82 Å². The summed E-state index contributed by atoms with van der Waals surface area (Å²) in [6.07, 6.45) is 0. The third-order valence-electron chi connectivity index (χ3n) is 0.879. The predicted octanol–water partition coefficient (Wildman–Crippen LogP) is -1.02. The highest BCUT2D eigenvalue weighted by atomic mass is 19.1. The fourth-order valence-corrected chi connectivity index (χ4v) is 0.573. The van der Waals surface area contributed by atoms with Crippen LogP contribution in [-0.4, -0.2) is 22.5 Å². The molecule has 1 aromatic rings. The SMILES string of the molecule is Cc1nc(N)nc([B]F)n1. The van der Waals surface area contributed by atoms with Gasteiger partial charge in [-0.2, -0.15) is 4.98 Å². The van der Waals surface area contributed by atoms with Crippen LogP contribution in [0.2, 0.25) is 0 Å². The number of aromatic nitrogens is 3. The zero-order valence-electron chi connectivity index (χ0n) is 5.37. The fourth-order valence-electron chi connectivity index (χ4n) is 0.573. The minimum atomic E-state index is -0.0370. The van der Waals surface area contributed by atoms with Gasteiger partial charge in [-0.3, -0.25) is 0 Å². The summed E-state index contributed by atoms with van der Waals surface area (Å²) in [6, 6.07) is 0. The van der Waals surface area contributed by atoms with Crippen LogP contribution in [0, 0.1) is 6.92 Å². The Morgan fingerprint density at radius 3 is 2.60 bits per heavy atom. The van der Waals surface area contributed by atoms with E-state index in [1.807, 2.05) is 0 Å². The van der Waals surface area contributed by atoms with Crippen molar-refractivity contribution in [2.45, 2.75) is 6.92 Å². The molecular weight excluding hydrogens is 134 g/mol. The van der Waals surface area contributed by atoms with Crippen molar-refractivity contribution in [1.82, 2.24) is 15.0 Å². The topological polar surface area (TPSA) is 64.7 Å². The molecule has 0 aromatic carbocycles. The highest BCUT2D eigenvalue weighted by Crippen LogP contribution is 1.85. The van der Waals surface area contributed by atoms with E-state index in [-0.39, 0.29) is 19.2 Å². The Kier molecular flexibility index (Phi) is 1.79. The van der Waals surface area contributed by atoms with Crippen LogP contribution < -0.4 is 11.5 Å². The summed E-state index contributed by atoms with van der Waals surface area (Å²) in [6.45, 7) is 1.62. The number of halogens is 1. The van der Waals surface area contributed by atoms with Crippen LogP contribution in [0.4, 0.5) is 10.3 Å². The van der Waals surface area contributed by atoms with Gasteiger partial charge in [0.25, 0.3) is 0 Å². The number of nitrogens with two attached hydrogens (primary N) is 1. The molecule has 0 fully saturated rings. The first-order chi connectivity index (χ1) is 4.72. The maximum absolute atomic E-state index is 11.8. The molecule has 0 saturated heterocycles. The largest absolute Gasteiger partial charge is 0.437 e. The molecule has 0 aliphatic rings. The van der Waals surface area contributed by atoms with Crippen molar-refractivity contribution in [3.8, 4) is 0 Å². The Labute approximate surface area is 58.0 Å². The van der Waals surface area contributed by atoms with E-state index in [9.17, 15) is 4.32 Å². The monoisotopic (exact) mass is 139 g/mol. The highest BCUT2D eigenvalue weighted by Gasteiger charge is 2.01. The molecule has 0 aliphatic carbocycles. The molecule has 1 heterocycles. The lowest BCUT2D eigenvalue weighted by Gasteiger charge is -1.95. The standard InChI is InChI=1S/C4H5BFN4/c1-2-8-3(5-6)10-4(7)9-2/h1H3,(H2,7,8,9,10). The zero-order valence-corrected chi connectivity index (χ0v) is 5.37. The van der Waals surface area contributed by atoms with Crippen molar-refractivity contribution in [1.29, 1.82) is 0 Å². The van der Waals surface area contributed by atoms with Crippen LogP contribution in [-0.2, 0) is 0 Å². The van der Waals surface area contributed by atoms with Gasteiger partial charge < -0.3 is 10.0 Å². The normalized spacial score (nSPS) is 9.40. The van der Waals surface area contributed by atoms with Crippen LogP contribution in [0.15, 0.2) is 0 Å². The molecule has 0 saturated carbocycles. The quantitative estimate of drug-likeness (QED) is 0.505. The van der Waals surface area contributed by atoms with Crippen LogP contribution >= 0.6 is 0 Å². The molecule has 1 aromatic heterocycles. The molecule has 2 N–H and O–H groups in total. The summed E-state index contributed by atoms with van der Waals surface area (Å²) >= 11 is 0. The van der Waals surface area contributed by atoms with E-state index in [0.717, 1.165) is 0 Å². The molecular formula is C4H5BFN4. The van der Waals surface area contributed by atoms with Crippen molar-refractivity contribution in [3.63, 3.8) is 0 Å². The van der Waals surface area contributed by atoms with E-state index < -0.39 is 0 Å². The molecule has 1 radical (unpaired) electrons. The van der Waals surface area contributed by atoms with Crippen LogP contribution in [0.3, 0.4) is 0 Å². The summed E-state index contributed by atoms with van der Waals surface area (Å²) in [5.74, 6) is 0.452. The van der Waals surface area contributed by atoms with Gasteiger partial charge in [-0.25, -0.2) is 9.97 Å². The van der Waals surface area contributed by atoms with Gasteiger partial charge in [-0.1, -0.05) is 0 Å². The summed E-state index contributed by atoms with van der Waals surface area (Å²) in [4.78, 5) is 10.7. The highest BCUT2D eigenvalue weighted by molar-refractivity contribution is 6.43. The number of nitrogen functional groups attached to an aromatic ring is 1. The molecule has 51 valence electrons. The Morgan fingerprint density at radius 1 is 1.40 bits per heavy atom. The number of hydrogen-bond donors (Lipinski definition) is 1. The molecule has 10 heavy (non-hydrogen) atoms. The first-order valence-corrected chi connectivity index (χ1v) is 2.64. The maximum Gasteiger partial charge on any atom is 0.437 e. The summed E-state index contributed by atoms with van der Waals surface area (Å²) in [5.41, 5.74) is 5.15. The number of nitrogens with zero attached hydrogens (tertiary/aromatic N) is 3. The van der Waals surface area contributed by atoms with Gasteiger partial charge >= 0.3 is 7.56 Å². The van der Waals surface area contributed by atoms with Crippen molar-refractivity contribution in [2.75, 3.05) is 5.73 Å². The molecule has 0 bridgehead atoms. The summed E-state index contributed by atoms with van der Waals surface area (Å²) in [5, 5.41) is 0. The van der Waals surface area contributed by atoms with Crippen molar-refractivity contribution < 1.29 is 4.32 Å². The second-order valence-corrected chi connectivity index (χ2v) is 1.71.